The summed E-state index contributed by atoms with van der Waals surface area (Å²) in [5, 5.41) is 6.50. The fourth-order valence-electron chi connectivity index (χ4n) is 2.86. The molecule has 1 aromatic rings. The molecular formula is C19H34IN5O2S. The van der Waals surface area contributed by atoms with Crippen molar-refractivity contribution in [2.24, 2.45) is 10.9 Å². The van der Waals surface area contributed by atoms with Crippen LogP contribution < -0.4 is 10.6 Å². The lowest BCUT2D eigenvalue weighted by molar-refractivity contribution is 0.222. The molecule has 9 heteroatoms. The SMILES string of the molecule is CCNC(=NCc1ccccc1S(=O)(=O)N1CCN(C)CC1)NCC(C)C.I. The van der Waals surface area contributed by atoms with E-state index in [-0.39, 0.29) is 24.0 Å². The van der Waals surface area contributed by atoms with E-state index in [9.17, 15) is 8.42 Å². The molecule has 1 aromatic carbocycles. The van der Waals surface area contributed by atoms with E-state index in [0.717, 1.165) is 31.7 Å². The van der Waals surface area contributed by atoms with E-state index in [1.807, 2.05) is 26.1 Å². The minimum atomic E-state index is -3.51. The van der Waals surface area contributed by atoms with Gasteiger partial charge in [0.05, 0.1) is 11.4 Å². The van der Waals surface area contributed by atoms with Crippen molar-refractivity contribution in [3.63, 3.8) is 0 Å². The number of nitrogens with zero attached hydrogens (tertiary/aromatic N) is 3. The van der Waals surface area contributed by atoms with Crippen LogP contribution in [-0.4, -0.2) is 69.9 Å². The van der Waals surface area contributed by atoms with Crippen LogP contribution in [0.25, 0.3) is 0 Å². The van der Waals surface area contributed by atoms with E-state index in [2.05, 4.69) is 34.4 Å². The van der Waals surface area contributed by atoms with E-state index >= 15 is 0 Å². The summed E-state index contributed by atoms with van der Waals surface area (Å²) in [6.45, 7) is 10.7. The largest absolute Gasteiger partial charge is 0.357 e. The van der Waals surface area contributed by atoms with Crippen LogP contribution in [0.3, 0.4) is 0 Å². The summed E-state index contributed by atoms with van der Waals surface area (Å²) in [6, 6.07) is 7.17. The van der Waals surface area contributed by atoms with E-state index in [1.165, 1.54) is 0 Å². The highest BCUT2D eigenvalue weighted by atomic mass is 127. The number of aliphatic imine (C=N–C) groups is 1. The molecule has 0 aliphatic carbocycles. The van der Waals surface area contributed by atoms with Gasteiger partial charge in [-0.3, -0.25) is 0 Å². The Morgan fingerprint density at radius 3 is 2.39 bits per heavy atom. The first-order chi connectivity index (χ1) is 12.8. The quantitative estimate of drug-likeness (QED) is 0.325. The molecule has 1 aliphatic heterocycles. The van der Waals surface area contributed by atoms with Crippen molar-refractivity contribution in [1.29, 1.82) is 0 Å². The molecule has 28 heavy (non-hydrogen) atoms. The van der Waals surface area contributed by atoms with Gasteiger partial charge < -0.3 is 15.5 Å². The van der Waals surface area contributed by atoms with Crippen molar-refractivity contribution in [3.8, 4) is 0 Å². The third kappa shape index (κ3) is 7.16. The molecule has 0 saturated carbocycles. The summed E-state index contributed by atoms with van der Waals surface area (Å²) in [6.07, 6.45) is 0. The molecule has 7 nitrogen and oxygen atoms in total. The van der Waals surface area contributed by atoms with Gasteiger partial charge in [-0.1, -0.05) is 32.0 Å². The number of halogens is 1. The van der Waals surface area contributed by atoms with Crippen LogP contribution in [0.1, 0.15) is 26.3 Å². The second-order valence-corrected chi connectivity index (χ2v) is 9.19. The molecule has 1 fully saturated rings. The van der Waals surface area contributed by atoms with E-state index in [0.29, 0.717) is 36.4 Å². The van der Waals surface area contributed by atoms with Crippen LogP contribution in [-0.2, 0) is 16.6 Å². The van der Waals surface area contributed by atoms with Crippen molar-refractivity contribution < 1.29 is 8.42 Å². The predicted octanol–water partition coefficient (Wildman–Crippen LogP) is 1.95. The minimum Gasteiger partial charge on any atom is -0.357 e. The Balaban J connectivity index is 0.00000392. The molecule has 1 saturated heterocycles. The van der Waals surface area contributed by atoms with Crippen LogP contribution in [0, 0.1) is 5.92 Å². The Bertz CT molecular complexity index is 732. The Labute approximate surface area is 187 Å². The lowest BCUT2D eigenvalue weighted by Gasteiger charge is -2.32. The van der Waals surface area contributed by atoms with Gasteiger partial charge in [-0.25, -0.2) is 13.4 Å². The third-order valence-corrected chi connectivity index (χ3v) is 6.48. The van der Waals surface area contributed by atoms with Gasteiger partial charge in [-0.2, -0.15) is 4.31 Å². The van der Waals surface area contributed by atoms with Crippen molar-refractivity contribution in [1.82, 2.24) is 19.8 Å². The average Bonchev–Trinajstić information content (AvgIpc) is 2.64. The topological polar surface area (TPSA) is 77.0 Å². The number of guanidine groups is 1. The van der Waals surface area contributed by atoms with Crippen molar-refractivity contribution in [3.05, 3.63) is 29.8 Å². The molecule has 0 spiro atoms. The van der Waals surface area contributed by atoms with Gasteiger partial charge in [-0.15, -0.1) is 24.0 Å². The van der Waals surface area contributed by atoms with Crippen LogP contribution in [0.5, 0.6) is 0 Å². The van der Waals surface area contributed by atoms with E-state index in [1.54, 1.807) is 16.4 Å². The number of hydrogen-bond acceptors (Lipinski definition) is 4. The molecule has 0 amide bonds. The summed E-state index contributed by atoms with van der Waals surface area (Å²) in [5.41, 5.74) is 0.721. The number of hydrogen-bond donors (Lipinski definition) is 2. The maximum absolute atomic E-state index is 13.1. The zero-order chi connectivity index (χ0) is 19.9. The molecule has 0 radical (unpaired) electrons. The molecule has 0 unspecified atom stereocenters. The second kappa shape index (κ2) is 11.9. The molecule has 2 rings (SSSR count). The maximum atomic E-state index is 13.1. The molecule has 0 aromatic heterocycles. The highest BCUT2D eigenvalue weighted by molar-refractivity contribution is 14.0. The van der Waals surface area contributed by atoms with Crippen LogP contribution in [0.2, 0.25) is 0 Å². The zero-order valence-electron chi connectivity index (χ0n) is 17.3. The van der Waals surface area contributed by atoms with Gasteiger partial charge in [0.1, 0.15) is 0 Å². The number of sulfonamides is 1. The van der Waals surface area contributed by atoms with Crippen molar-refractivity contribution >= 4 is 40.0 Å². The summed E-state index contributed by atoms with van der Waals surface area (Å²) in [4.78, 5) is 7.09. The molecule has 2 N–H and O–H groups in total. The Morgan fingerprint density at radius 2 is 1.79 bits per heavy atom. The van der Waals surface area contributed by atoms with Crippen LogP contribution >= 0.6 is 24.0 Å². The minimum absolute atomic E-state index is 0. The standard InChI is InChI=1S/C19H33N5O2S.HI/c1-5-20-19(21-14-16(2)3)22-15-17-8-6-7-9-18(17)27(25,26)24-12-10-23(4)11-13-24;/h6-9,16H,5,10-15H2,1-4H3,(H2,20,21,22);1H. The second-order valence-electron chi connectivity index (χ2n) is 7.28. The normalized spacial score (nSPS) is 16.7. The smallest absolute Gasteiger partial charge is 0.243 e. The van der Waals surface area contributed by atoms with Gasteiger partial charge in [-0.05, 0) is 31.5 Å². The molecular weight excluding hydrogens is 489 g/mol. The summed E-state index contributed by atoms with van der Waals surface area (Å²) in [7, 11) is -1.49. The first-order valence-electron chi connectivity index (χ1n) is 9.63. The number of benzene rings is 1. The maximum Gasteiger partial charge on any atom is 0.243 e. The summed E-state index contributed by atoms with van der Waals surface area (Å²) >= 11 is 0. The zero-order valence-corrected chi connectivity index (χ0v) is 20.5. The molecule has 160 valence electrons. The molecule has 0 atom stereocenters. The van der Waals surface area contributed by atoms with Crippen LogP contribution in [0.15, 0.2) is 34.2 Å². The van der Waals surface area contributed by atoms with Gasteiger partial charge >= 0.3 is 0 Å². The lowest BCUT2D eigenvalue weighted by Crippen LogP contribution is -2.47. The predicted molar refractivity (Wildman–Crippen MR) is 126 cm³/mol. The first-order valence-corrected chi connectivity index (χ1v) is 11.1. The molecule has 1 aliphatic rings. The third-order valence-electron chi connectivity index (χ3n) is 4.48. The van der Waals surface area contributed by atoms with E-state index < -0.39 is 10.0 Å². The Kier molecular flexibility index (Phi) is 10.7. The van der Waals surface area contributed by atoms with Crippen molar-refractivity contribution in [2.45, 2.75) is 32.2 Å². The number of piperazine rings is 1. The fourth-order valence-corrected chi connectivity index (χ4v) is 4.50. The number of nitrogens with one attached hydrogen (secondary N) is 2. The molecule has 0 bridgehead atoms. The Morgan fingerprint density at radius 1 is 1.14 bits per heavy atom. The first kappa shape index (κ1) is 25.1. The highest BCUT2D eigenvalue weighted by Crippen LogP contribution is 2.22. The monoisotopic (exact) mass is 523 g/mol. The van der Waals surface area contributed by atoms with Gasteiger partial charge in [0.15, 0.2) is 5.96 Å². The van der Waals surface area contributed by atoms with E-state index in [4.69, 9.17) is 0 Å². The average molecular weight is 523 g/mol. The Hall–Kier alpha value is -0.910. The fraction of sp³-hybridized carbons (Fsp3) is 0.632. The lowest BCUT2D eigenvalue weighted by atomic mass is 10.2. The van der Waals surface area contributed by atoms with Crippen molar-refractivity contribution in [2.75, 3.05) is 46.3 Å². The van der Waals surface area contributed by atoms with Gasteiger partial charge in [0, 0.05) is 39.3 Å². The number of likely N-dealkylation sites (N-methyl/N-ethyl adjacent to an activating group) is 1. The summed E-state index contributed by atoms with van der Waals surface area (Å²) in [5.74, 6) is 1.21. The van der Waals surface area contributed by atoms with Gasteiger partial charge in [0.25, 0.3) is 0 Å². The van der Waals surface area contributed by atoms with Gasteiger partial charge in [0.2, 0.25) is 10.0 Å². The molecule has 1 heterocycles. The highest BCUT2D eigenvalue weighted by Gasteiger charge is 2.29. The summed E-state index contributed by atoms with van der Waals surface area (Å²) < 4.78 is 27.8. The number of rotatable bonds is 7. The van der Waals surface area contributed by atoms with Crippen LogP contribution in [0.4, 0.5) is 0 Å².